The molecule has 250 valence electrons. The van der Waals surface area contributed by atoms with Crippen molar-refractivity contribution in [1.82, 2.24) is 0 Å². The van der Waals surface area contributed by atoms with Gasteiger partial charge < -0.3 is 4.65 Å². The highest BCUT2D eigenvalue weighted by atomic mass is 31.2. The van der Waals surface area contributed by atoms with Gasteiger partial charge in [-0.2, -0.15) is 0 Å². The lowest BCUT2D eigenvalue weighted by Crippen LogP contribution is -2.69. The molecule has 0 N–H and O–H groups in total. The molecule has 6 rings (SSSR count). The van der Waals surface area contributed by atoms with Gasteiger partial charge in [0.15, 0.2) is 34.9 Å². The van der Waals surface area contributed by atoms with Crippen molar-refractivity contribution < 1.29 is 48.6 Å². The molecule has 1 atom stereocenters. The molecule has 13 heteroatoms. The van der Waals surface area contributed by atoms with Crippen LogP contribution >= 0.6 is 7.26 Å². The van der Waals surface area contributed by atoms with Crippen molar-refractivity contribution in [3.63, 3.8) is 0 Å². The van der Waals surface area contributed by atoms with Crippen molar-refractivity contribution in [2.75, 3.05) is 6.16 Å². The van der Waals surface area contributed by atoms with Gasteiger partial charge in [0, 0.05) is 11.3 Å². The topological polar surface area (TPSA) is 9.23 Å². The average molecular weight is 694 g/mol. The zero-order valence-corrected chi connectivity index (χ0v) is 26.6. The summed E-state index contributed by atoms with van der Waals surface area (Å²) in [6, 6.07) is 17.7. The van der Waals surface area contributed by atoms with Crippen molar-refractivity contribution in [2.45, 2.75) is 39.2 Å². The Hall–Kier alpha value is -4.05. The molecule has 0 saturated carbocycles. The van der Waals surface area contributed by atoms with E-state index in [0.29, 0.717) is 18.2 Å². The highest BCUT2D eigenvalue weighted by molar-refractivity contribution is 7.90. The normalized spacial score (nSPS) is 18.6. The SMILES string of the molecule is CCC1=C(C)C[P+](c2ccccc2)(c2ccccc2)C2C[B-](c3c(F)c(F)c(F)c(F)c3F)(c3c(F)c(F)c(F)c(F)c3F)OC(C)=C12. The summed E-state index contributed by atoms with van der Waals surface area (Å²) in [6.45, 7) is 5.01. The lowest BCUT2D eigenvalue weighted by atomic mass is 9.28. The molecule has 1 unspecified atom stereocenters. The molecule has 0 aliphatic carbocycles. The summed E-state index contributed by atoms with van der Waals surface area (Å²) in [4.78, 5) is 0. The number of hydrogen-bond acceptors (Lipinski definition) is 1. The molecule has 4 aromatic carbocycles. The van der Waals surface area contributed by atoms with Crippen LogP contribution in [-0.4, -0.2) is 18.2 Å². The Morgan fingerprint density at radius 3 is 1.35 bits per heavy atom. The number of allylic oxidation sites excluding steroid dienone is 4. The Kier molecular flexibility index (Phi) is 8.55. The van der Waals surface area contributed by atoms with Crippen molar-refractivity contribution in [2.24, 2.45) is 0 Å². The third-order valence-electron chi connectivity index (χ3n) is 9.71. The number of fused-ring (bicyclic) bond motifs is 1. The maximum atomic E-state index is 15.9. The van der Waals surface area contributed by atoms with Crippen LogP contribution in [0.3, 0.4) is 0 Å². The van der Waals surface area contributed by atoms with Crippen LogP contribution in [0.4, 0.5) is 43.9 Å². The van der Waals surface area contributed by atoms with Crippen LogP contribution in [0.2, 0.25) is 6.32 Å². The smallest absolute Gasteiger partial charge is 0.236 e. The molecular formula is C35H26BF10OP. The highest BCUT2D eigenvalue weighted by Gasteiger charge is 2.60. The predicted molar refractivity (Wildman–Crippen MR) is 167 cm³/mol. The van der Waals surface area contributed by atoms with Gasteiger partial charge in [-0.1, -0.05) is 60.6 Å². The maximum absolute atomic E-state index is 15.9. The third kappa shape index (κ3) is 4.65. The summed E-state index contributed by atoms with van der Waals surface area (Å²) >= 11 is 0. The van der Waals surface area contributed by atoms with Gasteiger partial charge in [0.05, 0.1) is 19.1 Å². The van der Waals surface area contributed by atoms with Gasteiger partial charge in [0.25, 0.3) is 0 Å². The number of rotatable bonds is 5. The fraction of sp³-hybridized carbons (Fsp3) is 0.200. The van der Waals surface area contributed by atoms with E-state index in [0.717, 1.165) is 21.8 Å². The van der Waals surface area contributed by atoms with Crippen molar-refractivity contribution in [3.05, 3.63) is 141 Å². The Morgan fingerprint density at radius 1 is 0.604 bits per heavy atom. The molecule has 2 heterocycles. The number of benzene rings is 4. The molecule has 0 saturated heterocycles. The lowest BCUT2D eigenvalue weighted by Gasteiger charge is -2.54. The quantitative estimate of drug-likeness (QED) is 0.0673. The zero-order chi connectivity index (χ0) is 34.9. The van der Waals surface area contributed by atoms with E-state index < -0.39 is 94.7 Å². The summed E-state index contributed by atoms with van der Waals surface area (Å²) in [6.07, 6.45) is -4.63. The minimum atomic E-state index is -4.46. The molecule has 0 fully saturated rings. The largest absolute Gasteiger partial charge is 0.708 e. The van der Waals surface area contributed by atoms with Crippen molar-refractivity contribution >= 4 is 35.1 Å². The molecule has 2 aliphatic heterocycles. The Balaban J connectivity index is 1.83. The first-order valence-electron chi connectivity index (χ1n) is 15.0. The molecule has 0 aromatic heterocycles. The predicted octanol–water partition coefficient (Wildman–Crippen LogP) is 8.22. The standard InChI is InChI=1S/C35H26BF10OP/c1-4-21-17(2)16-48(19-11-7-5-8-12-19,20-13-9-6-10-14-20)22-15-36(47-18(3)23(21)22,24-26(37)30(41)34(45)31(42)27(24)38)25-28(39)32(43)35(46)33(44)29(25)40/h5-14,22H,4,15-16H2,1-3H3. The van der Waals surface area contributed by atoms with E-state index in [1.165, 1.54) is 6.92 Å². The minimum absolute atomic E-state index is 0.203. The highest BCUT2D eigenvalue weighted by Crippen LogP contribution is 2.70. The van der Waals surface area contributed by atoms with E-state index in [-0.39, 0.29) is 5.76 Å². The van der Waals surface area contributed by atoms with Gasteiger partial charge in [-0.15, -0.1) is 0 Å². The van der Waals surface area contributed by atoms with Crippen molar-refractivity contribution in [3.8, 4) is 0 Å². The molecular weight excluding hydrogens is 668 g/mol. The van der Waals surface area contributed by atoms with Crippen LogP contribution in [0.1, 0.15) is 27.2 Å². The molecule has 2 aliphatic rings. The van der Waals surface area contributed by atoms with E-state index >= 15 is 17.6 Å². The Bertz CT molecular complexity index is 1860. The minimum Gasteiger partial charge on any atom is -0.708 e. The summed E-state index contributed by atoms with van der Waals surface area (Å²) in [7, 11) is -3.01. The fourth-order valence-corrected chi connectivity index (χ4v) is 13.2. The molecule has 1 nitrogen and oxygen atoms in total. The second-order valence-electron chi connectivity index (χ2n) is 12.1. The van der Waals surface area contributed by atoms with Crippen LogP contribution in [0.5, 0.6) is 0 Å². The number of halogens is 10. The van der Waals surface area contributed by atoms with Gasteiger partial charge in [0.1, 0.15) is 33.9 Å². The van der Waals surface area contributed by atoms with Crippen LogP contribution < -0.4 is 21.5 Å². The molecule has 0 radical (unpaired) electrons. The van der Waals surface area contributed by atoms with Crippen LogP contribution in [0, 0.1) is 58.2 Å². The van der Waals surface area contributed by atoms with E-state index in [1.807, 2.05) is 13.8 Å². The maximum Gasteiger partial charge on any atom is 0.236 e. The van der Waals surface area contributed by atoms with Crippen LogP contribution in [-0.2, 0) is 4.65 Å². The van der Waals surface area contributed by atoms with Crippen LogP contribution in [0.25, 0.3) is 0 Å². The Morgan fingerprint density at radius 2 is 0.979 bits per heavy atom. The second kappa shape index (κ2) is 12.1. The molecule has 0 amide bonds. The van der Waals surface area contributed by atoms with E-state index in [9.17, 15) is 26.3 Å². The van der Waals surface area contributed by atoms with Gasteiger partial charge >= 0.3 is 0 Å². The van der Waals surface area contributed by atoms with E-state index in [1.54, 1.807) is 60.7 Å². The third-order valence-corrected chi connectivity index (χ3v) is 14.7. The monoisotopic (exact) mass is 694 g/mol. The van der Waals surface area contributed by atoms with Crippen molar-refractivity contribution in [1.29, 1.82) is 0 Å². The summed E-state index contributed by atoms with van der Waals surface area (Å²) in [5.74, 6) is -25.2. The van der Waals surface area contributed by atoms with E-state index in [2.05, 4.69) is 0 Å². The van der Waals surface area contributed by atoms with Gasteiger partial charge in [0.2, 0.25) is 6.35 Å². The van der Waals surface area contributed by atoms with Gasteiger partial charge in [-0.25, -0.2) is 43.9 Å². The number of hydrogen-bond donors (Lipinski definition) is 0. The molecule has 4 aromatic rings. The molecule has 48 heavy (non-hydrogen) atoms. The summed E-state index contributed by atoms with van der Waals surface area (Å²) in [5.41, 5.74) is -2.50. The lowest BCUT2D eigenvalue weighted by molar-refractivity contribution is 0.364. The van der Waals surface area contributed by atoms with E-state index in [4.69, 9.17) is 4.65 Å². The first-order chi connectivity index (χ1) is 22.7. The second-order valence-corrected chi connectivity index (χ2v) is 15.8. The van der Waals surface area contributed by atoms with Gasteiger partial charge in [-0.3, -0.25) is 0 Å². The summed E-state index contributed by atoms with van der Waals surface area (Å²) in [5, 5.41) is 1.45. The first-order valence-corrected chi connectivity index (χ1v) is 17.1. The fourth-order valence-electron chi connectivity index (χ4n) is 7.84. The first kappa shape index (κ1) is 33.8. The van der Waals surface area contributed by atoms with Crippen LogP contribution in [0.15, 0.2) is 83.1 Å². The molecule has 0 spiro atoms. The Labute approximate surface area is 270 Å². The molecule has 0 bridgehead atoms. The van der Waals surface area contributed by atoms with Gasteiger partial charge in [-0.05, 0) is 55.7 Å². The average Bonchev–Trinajstić information content (AvgIpc) is 3.09. The summed E-state index contributed by atoms with van der Waals surface area (Å²) < 4.78 is 158. The zero-order valence-electron chi connectivity index (χ0n) is 25.7.